The maximum atomic E-state index is 12.7. The molecule has 0 aliphatic heterocycles. The van der Waals surface area contributed by atoms with Gasteiger partial charge in [0.25, 0.3) is 0 Å². The number of halogens is 3. The molecule has 1 amide bonds. The minimum Gasteiger partial charge on any atom is -0.302 e. The van der Waals surface area contributed by atoms with Crippen molar-refractivity contribution in [1.82, 2.24) is 4.98 Å². The van der Waals surface area contributed by atoms with Crippen LogP contribution in [0.15, 0.2) is 30.5 Å². The molecule has 7 heteroatoms. The minimum absolute atomic E-state index is 0.0802. The molecule has 3 nitrogen and oxygen atoms in total. The van der Waals surface area contributed by atoms with Gasteiger partial charge >= 0.3 is 6.18 Å². The lowest BCUT2D eigenvalue weighted by Gasteiger charge is -2.07. The molecule has 0 fully saturated rings. The molecular weight excluding hydrogens is 337 g/mol. The molecule has 1 N–H and O–H groups in total. The van der Waals surface area contributed by atoms with Gasteiger partial charge in [-0.2, -0.15) is 13.2 Å². The zero-order valence-electron chi connectivity index (χ0n) is 13.3. The summed E-state index contributed by atoms with van der Waals surface area (Å²) < 4.78 is 38.2. The molecule has 0 unspecified atom stereocenters. The van der Waals surface area contributed by atoms with Crippen LogP contribution in [0.2, 0.25) is 0 Å². The Hall–Kier alpha value is -1.89. The van der Waals surface area contributed by atoms with Gasteiger partial charge in [-0.1, -0.05) is 38.0 Å². The van der Waals surface area contributed by atoms with Gasteiger partial charge in [0.15, 0.2) is 5.13 Å². The summed E-state index contributed by atoms with van der Waals surface area (Å²) in [4.78, 5) is 16.7. The first-order valence-electron chi connectivity index (χ1n) is 7.79. The van der Waals surface area contributed by atoms with Crippen LogP contribution in [-0.4, -0.2) is 10.9 Å². The Morgan fingerprint density at radius 2 is 2.08 bits per heavy atom. The van der Waals surface area contributed by atoms with Crippen molar-refractivity contribution in [3.05, 3.63) is 46.5 Å². The number of hydrogen-bond acceptors (Lipinski definition) is 3. The predicted molar refractivity (Wildman–Crippen MR) is 89.1 cm³/mol. The largest absolute Gasteiger partial charge is 0.416 e. The van der Waals surface area contributed by atoms with Crippen molar-refractivity contribution in [3.8, 4) is 0 Å². The highest BCUT2D eigenvalue weighted by molar-refractivity contribution is 7.15. The third-order valence-electron chi connectivity index (χ3n) is 3.44. The van der Waals surface area contributed by atoms with Gasteiger partial charge in [0, 0.05) is 23.9 Å². The summed E-state index contributed by atoms with van der Waals surface area (Å²) in [6.45, 7) is 2.07. The number of hydrogen-bond donors (Lipinski definition) is 1. The fourth-order valence-electron chi connectivity index (χ4n) is 2.22. The minimum atomic E-state index is -4.35. The van der Waals surface area contributed by atoms with Crippen molar-refractivity contribution < 1.29 is 18.0 Å². The van der Waals surface area contributed by atoms with Crippen LogP contribution in [0, 0.1) is 0 Å². The molecule has 0 spiro atoms. The van der Waals surface area contributed by atoms with Crippen molar-refractivity contribution in [3.63, 3.8) is 0 Å². The Morgan fingerprint density at radius 1 is 1.29 bits per heavy atom. The highest BCUT2D eigenvalue weighted by atomic mass is 32.1. The molecule has 0 aliphatic rings. The van der Waals surface area contributed by atoms with Crippen molar-refractivity contribution in [2.24, 2.45) is 0 Å². The quantitative estimate of drug-likeness (QED) is 0.687. The van der Waals surface area contributed by atoms with Crippen LogP contribution in [0.1, 0.15) is 48.6 Å². The average molecular weight is 356 g/mol. The number of thiazole rings is 1. The van der Waals surface area contributed by atoms with Gasteiger partial charge in [-0.25, -0.2) is 4.98 Å². The van der Waals surface area contributed by atoms with E-state index in [-0.39, 0.29) is 5.91 Å². The molecular formula is C17H19F3N2OS. The fourth-order valence-corrected chi connectivity index (χ4v) is 3.09. The van der Waals surface area contributed by atoms with Gasteiger partial charge in [0.1, 0.15) is 0 Å². The smallest absolute Gasteiger partial charge is 0.302 e. The normalized spacial score (nSPS) is 11.5. The van der Waals surface area contributed by atoms with Crippen LogP contribution in [0.5, 0.6) is 0 Å². The Labute approximate surface area is 142 Å². The van der Waals surface area contributed by atoms with Crippen molar-refractivity contribution >= 4 is 22.4 Å². The zero-order valence-corrected chi connectivity index (χ0v) is 14.1. The number of anilines is 1. The van der Waals surface area contributed by atoms with Crippen LogP contribution in [0.25, 0.3) is 0 Å². The molecule has 0 atom stereocenters. The van der Waals surface area contributed by atoms with E-state index in [0.717, 1.165) is 36.3 Å². The van der Waals surface area contributed by atoms with Gasteiger partial charge in [0.2, 0.25) is 5.91 Å². The van der Waals surface area contributed by atoms with Gasteiger partial charge in [-0.15, -0.1) is 11.3 Å². The van der Waals surface area contributed by atoms with Crippen LogP contribution >= 0.6 is 11.3 Å². The number of rotatable bonds is 7. The molecule has 1 heterocycles. The standard InChI is InChI=1S/C17H19F3N2OS/c1-2-3-4-8-15(23)22-16-21-11-14(24-16)10-12-6-5-7-13(9-12)17(18,19)20/h5-7,9,11H,2-4,8,10H2,1H3,(H,21,22,23). The summed E-state index contributed by atoms with van der Waals surface area (Å²) in [6, 6.07) is 5.24. The SMILES string of the molecule is CCCCCC(=O)Nc1ncc(Cc2cccc(C(F)(F)F)c2)s1. The van der Waals surface area contributed by atoms with Crippen LogP contribution in [0.4, 0.5) is 18.3 Å². The first kappa shape index (κ1) is 18.4. The number of alkyl halides is 3. The number of benzene rings is 1. The van der Waals surface area contributed by atoms with Crippen molar-refractivity contribution in [2.45, 2.75) is 45.2 Å². The third-order valence-corrected chi connectivity index (χ3v) is 4.35. The molecule has 0 bridgehead atoms. The number of nitrogens with zero attached hydrogens (tertiary/aromatic N) is 1. The molecule has 2 aromatic rings. The Morgan fingerprint density at radius 3 is 2.79 bits per heavy atom. The Kier molecular flexibility index (Phi) is 6.36. The van der Waals surface area contributed by atoms with E-state index in [1.54, 1.807) is 12.3 Å². The van der Waals surface area contributed by atoms with Crippen LogP contribution in [0.3, 0.4) is 0 Å². The fraction of sp³-hybridized carbons (Fsp3) is 0.412. The van der Waals surface area contributed by atoms with Gasteiger partial charge < -0.3 is 5.32 Å². The van der Waals surface area contributed by atoms with E-state index in [4.69, 9.17) is 0 Å². The summed E-state index contributed by atoms with van der Waals surface area (Å²) >= 11 is 1.28. The van der Waals surface area contributed by atoms with E-state index in [1.165, 1.54) is 17.4 Å². The lowest BCUT2D eigenvalue weighted by Crippen LogP contribution is -2.10. The molecule has 2 rings (SSSR count). The summed E-state index contributed by atoms with van der Waals surface area (Å²) in [5.41, 5.74) is -0.0942. The number of nitrogens with one attached hydrogen (secondary N) is 1. The second kappa shape index (κ2) is 8.28. The van der Waals surface area contributed by atoms with Gasteiger partial charge in [-0.3, -0.25) is 4.79 Å². The lowest BCUT2D eigenvalue weighted by atomic mass is 10.1. The third kappa shape index (κ3) is 5.63. The zero-order chi connectivity index (χ0) is 17.6. The van der Waals surface area contributed by atoms with Gasteiger partial charge in [0.05, 0.1) is 5.56 Å². The highest BCUT2D eigenvalue weighted by Crippen LogP contribution is 2.30. The second-order valence-electron chi connectivity index (χ2n) is 5.51. The molecule has 0 radical (unpaired) electrons. The number of amides is 1. The topological polar surface area (TPSA) is 42.0 Å². The number of carbonyl (C=O) groups excluding carboxylic acids is 1. The number of aromatic nitrogens is 1. The summed E-state index contributed by atoms with van der Waals surface area (Å²) in [5.74, 6) is -0.0802. The van der Waals surface area contributed by atoms with E-state index < -0.39 is 11.7 Å². The van der Waals surface area contributed by atoms with Crippen molar-refractivity contribution in [1.29, 1.82) is 0 Å². The molecule has 130 valence electrons. The highest BCUT2D eigenvalue weighted by Gasteiger charge is 2.30. The molecule has 0 saturated heterocycles. The second-order valence-corrected chi connectivity index (χ2v) is 6.63. The monoisotopic (exact) mass is 356 g/mol. The average Bonchev–Trinajstić information content (AvgIpc) is 2.94. The Balaban J connectivity index is 1.95. The molecule has 1 aromatic heterocycles. The molecule has 0 aliphatic carbocycles. The first-order chi connectivity index (χ1) is 11.4. The molecule has 1 aromatic carbocycles. The van der Waals surface area contributed by atoms with Gasteiger partial charge in [-0.05, 0) is 18.1 Å². The van der Waals surface area contributed by atoms with E-state index >= 15 is 0 Å². The maximum Gasteiger partial charge on any atom is 0.416 e. The Bertz CT molecular complexity index is 682. The first-order valence-corrected chi connectivity index (χ1v) is 8.61. The van der Waals surface area contributed by atoms with Crippen molar-refractivity contribution in [2.75, 3.05) is 5.32 Å². The maximum absolute atomic E-state index is 12.7. The predicted octanol–water partition coefficient (Wildman–Crippen LogP) is 5.27. The summed E-state index contributed by atoms with van der Waals surface area (Å²) in [6.07, 6.45) is 0.945. The van der Waals surface area contributed by atoms with Crippen LogP contribution < -0.4 is 5.32 Å². The summed E-state index contributed by atoms with van der Waals surface area (Å²) in [5, 5.41) is 3.22. The summed E-state index contributed by atoms with van der Waals surface area (Å²) in [7, 11) is 0. The molecule has 24 heavy (non-hydrogen) atoms. The van der Waals surface area contributed by atoms with Crippen LogP contribution in [-0.2, 0) is 17.4 Å². The van der Waals surface area contributed by atoms with E-state index in [9.17, 15) is 18.0 Å². The van der Waals surface area contributed by atoms with E-state index in [1.807, 2.05) is 0 Å². The van der Waals surface area contributed by atoms with E-state index in [0.29, 0.717) is 23.5 Å². The number of carbonyl (C=O) groups is 1. The lowest BCUT2D eigenvalue weighted by molar-refractivity contribution is -0.137. The molecule has 0 saturated carbocycles. The van der Waals surface area contributed by atoms with E-state index in [2.05, 4.69) is 17.2 Å². The number of unbranched alkanes of at least 4 members (excludes halogenated alkanes) is 2.